The van der Waals surface area contributed by atoms with Crippen molar-refractivity contribution >= 4 is 15.7 Å². The van der Waals surface area contributed by atoms with Crippen molar-refractivity contribution in [2.45, 2.75) is 44.1 Å². The van der Waals surface area contributed by atoms with E-state index in [9.17, 15) is 13.5 Å². The van der Waals surface area contributed by atoms with Crippen LogP contribution in [0.4, 0.5) is 5.69 Å². The summed E-state index contributed by atoms with van der Waals surface area (Å²) in [6.45, 7) is 4.39. The van der Waals surface area contributed by atoms with Gasteiger partial charge in [-0.15, -0.1) is 0 Å². The highest BCUT2D eigenvalue weighted by Crippen LogP contribution is 2.20. The van der Waals surface area contributed by atoms with Gasteiger partial charge in [0.25, 0.3) is 0 Å². The van der Waals surface area contributed by atoms with E-state index < -0.39 is 16.1 Å². The molecule has 1 atom stereocenters. The molecule has 0 aliphatic carbocycles. The molecule has 5 nitrogen and oxygen atoms in total. The summed E-state index contributed by atoms with van der Waals surface area (Å²) in [5.74, 6) is 0.157. The van der Waals surface area contributed by atoms with Gasteiger partial charge in [0.05, 0.1) is 11.0 Å². The van der Waals surface area contributed by atoms with E-state index in [0.29, 0.717) is 18.7 Å². The van der Waals surface area contributed by atoms with E-state index in [1.165, 1.54) is 22.0 Å². The highest BCUT2D eigenvalue weighted by molar-refractivity contribution is 7.89. The third-order valence-corrected chi connectivity index (χ3v) is 6.19. The van der Waals surface area contributed by atoms with Crippen LogP contribution >= 0.6 is 0 Å². The van der Waals surface area contributed by atoms with Crippen LogP contribution < -0.4 is 5.73 Å². The van der Waals surface area contributed by atoms with Crippen LogP contribution in [0.5, 0.6) is 0 Å². The van der Waals surface area contributed by atoms with E-state index in [1.54, 1.807) is 12.1 Å². The molecule has 2 aromatic rings. The predicted molar refractivity (Wildman–Crippen MR) is 110 cm³/mol. The quantitative estimate of drug-likeness (QED) is 0.610. The molecule has 27 heavy (non-hydrogen) atoms. The predicted octanol–water partition coefficient (Wildman–Crippen LogP) is 3.30. The zero-order valence-corrected chi connectivity index (χ0v) is 16.9. The third-order valence-electron chi connectivity index (χ3n) is 4.35. The largest absolute Gasteiger partial charge is 0.399 e. The molecule has 0 saturated heterocycles. The average molecular weight is 391 g/mol. The molecular formula is C21H30N2O3S. The fraction of sp³-hybridized carbons (Fsp3) is 0.429. The standard InChI is InChI=1S/C21H30N2O3S/c1-17(2)15-23(27(25,26)21-13-11-19(22)12-14-21)16-20(24)10-6-9-18-7-4-3-5-8-18/h3-5,7-8,11-14,17,20,24H,6,9-10,15-16,22H2,1-2H3. The fourth-order valence-electron chi connectivity index (χ4n) is 2.98. The molecule has 0 spiro atoms. The van der Waals surface area contributed by atoms with Crippen LogP contribution in [0, 0.1) is 5.92 Å². The normalized spacial score (nSPS) is 13.2. The summed E-state index contributed by atoms with van der Waals surface area (Å²) >= 11 is 0. The minimum absolute atomic E-state index is 0.0969. The average Bonchev–Trinajstić information content (AvgIpc) is 2.62. The van der Waals surface area contributed by atoms with Gasteiger partial charge in [-0.2, -0.15) is 4.31 Å². The van der Waals surface area contributed by atoms with Gasteiger partial charge < -0.3 is 10.8 Å². The Hall–Kier alpha value is -1.89. The Morgan fingerprint density at radius 1 is 1.00 bits per heavy atom. The molecule has 0 radical (unpaired) electrons. The molecule has 3 N–H and O–H groups in total. The molecule has 0 aromatic heterocycles. The Balaban J connectivity index is 2.01. The lowest BCUT2D eigenvalue weighted by atomic mass is 10.1. The number of sulfonamides is 1. The van der Waals surface area contributed by atoms with Gasteiger partial charge in [-0.1, -0.05) is 44.2 Å². The van der Waals surface area contributed by atoms with Crippen LogP contribution in [-0.4, -0.2) is 37.0 Å². The zero-order chi connectivity index (χ0) is 19.9. The number of hydrogen-bond donors (Lipinski definition) is 2. The maximum absolute atomic E-state index is 13.0. The van der Waals surface area contributed by atoms with Crippen molar-refractivity contribution in [2.75, 3.05) is 18.8 Å². The van der Waals surface area contributed by atoms with Crippen LogP contribution in [0.3, 0.4) is 0 Å². The molecule has 0 bridgehead atoms. The smallest absolute Gasteiger partial charge is 0.243 e. The summed E-state index contributed by atoms with van der Waals surface area (Å²) in [6.07, 6.45) is 1.53. The molecule has 0 fully saturated rings. The van der Waals surface area contributed by atoms with E-state index in [4.69, 9.17) is 5.73 Å². The molecule has 0 aliphatic heterocycles. The summed E-state index contributed by atoms with van der Waals surface area (Å²) < 4.78 is 27.4. The minimum atomic E-state index is -3.67. The van der Waals surface area contributed by atoms with Crippen LogP contribution in [0.1, 0.15) is 32.3 Å². The summed E-state index contributed by atoms with van der Waals surface area (Å²) in [4.78, 5) is 0.203. The second-order valence-electron chi connectivity index (χ2n) is 7.32. The highest BCUT2D eigenvalue weighted by Gasteiger charge is 2.27. The van der Waals surface area contributed by atoms with Gasteiger partial charge >= 0.3 is 0 Å². The first kappa shape index (κ1) is 21.4. The highest BCUT2D eigenvalue weighted by atomic mass is 32.2. The maximum Gasteiger partial charge on any atom is 0.243 e. The van der Waals surface area contributed by atoms with Crippen molar-refractivity contribution < 1.29 is 13.5 Å². The molecule has 2 aromatic carbocycles. The lowest BCUT2D eigenvalue weighted by molar-refractivity contribution is 0.131. The van der Waals surface area contributed by atoms with Crippen molar-refractivity contribution in [3.63, 3.8) is 0 Å². The summed E-state index contributed by atoms with van der Waals surface area (Å²) in [6, 6.07) is 16.3. The van der Waals surface area contributed by atoms with Crippen molar-refractivity contribution in [3.05, 3.63) is 60.2 Å². The van der Waals surface area contributed by atoms with E-state index in [-0.39, 0.29) is 17.4 Å². The summed E-state index contributed by atoms with van der Waals surface area (Å²) in [5.41, 5.74) is 7.40. The van der Waals surface area contributed by atoms with Gasteiger partial charge in [-0.3, -0.25) is 0 Å². The van der Waals surface area contributed by atoms with Gasteiger partial charge in [0, 0.05) is 18.8 Å². The fourth-order valence-corrected chi connectivity index (χ4v) is 4.62. The minimum Gasteiger partial charge on any atom is -0.399 e. The summed E-state index contributed by atoms with van der Waals surface area (Å²) in [5, 5.41) is 10.4. The number of benzene rings is 2. The number of rotatable bonds is 10. The van der Waals surface area contributed by atoms with Crippen molar-refractivity contribution in [1.29, 1.82) is 0 Å². The SMILES string of the molecule is CC(C)CN(CC(O)CCCc1ccccc1)S(=O)(=O)c1ccc(N)cc1. The monoisotopic (exact) mass is 390 g/mol. The number of nitrogen functional groups attached to an aromatic ring is 1. The Morgan fingerprint density at radius 2 is 1.63 bits per heavy atom. The molecule has 0 saturated carbocycles. The zero-order valence-electron chi connectivity index (χ0n) is 16.1. The van der Waals surface area contributed by atoms with Gasteiger partial charge in [-0.05, 0) is 55.0 Å². The van der Waals surface area contributed by atoms with Gasteiger partial charge in [0.2, 0.25) is 10.0 Å². The van der Waals surface area contributed by atoms with Gasteiger partial charge in [-0.25, -0.2) is 8.42 Å². The van der Waals surface area contributed by atoms with Crippen molar-refractivity contribution in [2.24, 2.45) is 5.92 Å². The second-order valence-corrected chi connectivity index (χ2v) is 9.25. The summed E-state index contributed by atoms with van der Waals surface area (Å²) in [7, 11) is -3.67. The van der Waals surface area contributed by atoms with Crippen LogP contribution in [-0.2, 0) is 16.4 Å². The number of nitrogens with two attached hydrogens (primary N) is 1. The number of anilines is 1. The van der Waals surface area contributed by atoms with E-state index in [2.05, 4.69) is 12.1 Å². The number of hydrogen-bond acceptors (Lipinski definition) is 4. The Morgan fingerprint density at radius 3 is 2.22 bits per heavy atom. The number of aliphatic hydroxyl groups is 1. The topological polar surface area (TPSA) is 83.6 Å². The molecule has 148 valence electrons. The second kappa shape index (κ2) is 9.88. The Bertz CT molecular complexity index is 790. The maximum atomic E-state index is 13.0. The van der Waals surface area contributed by atoms with Gasteiger partial charge in [0.1, 0.15) is 0 Å². The van der Waals surface area contributed by atoms with E-state index in [0.717, 1.165) is 12.8 Å². The first-order valence-corrected chi connectivity index (χ1v) is 10.8. The lowest BCUT2D eigenvalue weighted by Gasteiger charge is -2.26. The molecule has 6 heteroatoms. The van der Waals surface area contributed by atoms with Crippen LogP contribution in [0.15, 0.2) is 59.5 Å². The van der Waals surface area contributed by atoms with Crippen molar-refractivity contribution in [1.82, 2.24) is 4.31 Å². The molecular weight excluding hydrogens is 360 g/mol. The van der Waals surface area contributed by atoms with Crippen LogP contribution in [0.2, 0.25) is 0 Å². The molecule has 0 amide bonds. The number of aliphatic hydroxyl groups excluding tert-OH is 1. The Labute approximate surface area is 162 Å². The Kier molecular flexibility index (Phi) is 7.83. The van der Waals surface area contributed by atoms with E-state index in [1.807, 2.05) is 32.0 Å². The molecule has 2 rings (SSSR count). The first-order valence-electron chi connectivity index (χ1n) is 9.36. The molecule has 0 heterocycles. The first-order chi connectivity index (χ1) is 12.8. The lowest BCUT2D eigenvalue weighted by Crippen LogP contribution is -2.39. The number of nitrogens with zero attached hydrogens (tertiary/aromatic N) is 1. The van der Waals surface area contributed by atoms with Gasteiger partial charge in [0.15, 0.2) is 0 Å². The third kappa shape index (κ3) is 6.65. The molecule has 0 aliphatic rings. The van der Waals surface area contributed by atoms with Crippen molar-refractivity contribution in [3.8, 4) is 0 Å². The van der Waals surface area contributed by atoms with E-state index >= 15 is 0 Å². The van der Waals surface area contributed by atoms with Crippen LogP contribution in [0.25, 0.3) is 0 Å². The number of aryl methyl sites for hydroxylation is 1. The molecule has 1 unspecified atom stereocenters.